The number of urea groups is 1. The number of hydrogen-bond donors (Lipinski definition) is 3. The first-order chi connectivity index (χ1) is 11.2. The fraction of sp³-hybridized carbons (Fsp3) is 0.611. The number of carbonyl (C=O) groups is 1. The number of carbonyl (C=O) groups excluding carboxylic acids is 1. The summed E-state index contributed by atoms with van der Waals surface area (Å²) in [7, 11) is 0. The molecule has 3 N–H and O–H groups in total. The molecule has 1 aromatic rings. The first-order valence-electron chi connectivity index (χ1n) is 8.54. The zero-order valence-corrected chi connectivity index (χ0v) is 13.9. The maximum absolute atomic E-state index is 12.7. The highest BCUT2D eigenvalue weighted by Crippen LogP contribution is 2.34. The van der Waals surface area contributed by atoms with E-state index in [-0.39, 0.29) is 31.3 Å². The average Bonchev–Trinajstić information content (AvgIpc) is 2.57. The van der Waals surface area contributed by atoms with Gasteiger partial charge in [0.15, 0.2) is 0 Å². The lowest BCUT2D eigenvalue weighted by Crippen LogP contribution is -2.47. The second kappa shape index (κ2) is 8.89. The van der Waals surface area contributed by atoms with Crippen LogP contribution >= 0.6 is 0 Å². The summed E-state index contributed by atoms with van der Waals surface area (Å²) >= 11 is 0. The molecule has 23 heavy (non-hydrogen) atoms. The molecule has 0 heterocycles. The molecule has 1 aromatic carbocycles. The van der Waals surface area contributed by atoms with Crippen molar-refractivity contribution in [1.29, 1.82) is 0 Å². The van der Waals surface area contributed by atoms with Crippen molar-refractivity contribution in [3.05, 3.63) is 35.4 Å². The molecule has 0 aromatic heterocycles. The van der Waals surface area contributed by atoms with Crippen molar-refractivity contribution in [2.45, 2.75) is 51.1 Å². The highest BCUT2D eigenvalue weighted by Gasteiger charge is 2.29. The van der Waals surface area contributed by atoms with E-state index in [4.69, 9.17) is 5.11 Å². The maximum atomic E-state index is 12.7. The summed E-state index contributed by atoms with van der Waals surface area (Å²) in [5.74, 6) is 0. The SMILES string of the molecule is CC(CCCO)NC(=O)N(CCO)C1CCCc2ccccc21. The number of aryl methyl sites for hydroxylation is 1. The van der Waals surface area contributed by atoms with E-state index < -0.39 is 0 Å². The summed E-state index contributed by atoms with van der Waals surface area (Å²) < 4.78 is 0. The van der Waals surface area contributed by atoms with Gasteiger partial charge in [-0.3, -0.25) is 0 Å². The number of nitrogens with one attached hydrogen (secondary N) is 1. The number of hydrogen-bond acceptors (Lipinski definition) is 3. The molecule has 2 rings (SSSR count). The minimum absolute atomic E-state index is 0.00896. The number of nitrogens with zero attached hydrogens (tertiary/aromatic N) is 1. The molecule has 1 aliphatic carbocycles. The van der Waals surface area contributed by atoms with Crippen molar-refractivity contribution in [3.8, 4) is 0 Å². The van der Waals surface area contributed by atoms with Gasteiger partial charge in [0.2, 0.25) is 0 Å². The number of fused-ring (bicyclic) bond motifs is 1. The summed E-state index contributed by atoms with van der Waals surface area (Å²) in [6, 6.07) is 8.16. The number of aliphatic hydroxyl groups excluding tert-OH is 2. The quantitative estimate of drug-likeness (QED) is 0.721. The van der Waals surface area contributed by atoms with E-state index in [0.717, 1.165) is 25.7 Å². The summed E-state index contributed by atoms with van der Waals surface area (Å²) in [5.41, 5.74) is 2.50. The summed E-state index contributed by atoms with van der Waals surface area (Å²) in [5, 5.41) is 21.3. The van der Waals surface area contributed by atoms with E-state index in [1.807, 2.05) is 19.1 Å². The highest BCUT2D eigenvalue weighted by molar-refractivity contribution is 5.75. The van der Waals surface area contributed by atoms with Crippen LogP contribution in [0.5, 0.6) is 0 Å². The molecule has 1 aliphatic rings. The van der Waals surface area contributed by atoms with Gasteiger partial charge in [0.1, 0.15) is 0 Å². The average molecular weight is 320 g/mol. The molecule has 5 heteroatoms. The fourth-order valence-electron chi connectivity index (χ4n) is 3.32. The van der Waals surface area contributed by atoms with Crippen LogP contribution in [0.4, 0.5) is 4.79 Å². The van der Waals surface area contributed by atoms with Crippen molar-refractivity contribution in [3.63, 3.8) is 0 Å². The number of amides is 2. The van der Waals surface area contributed by atoms with Gasteiger partial charge in [-0.15, -0.1) is 0 Å². The van der Waals surface area contributed by atoms with E-state index in [1.54, 1.807) is 4.90 Å². The second-order valence-electron chi connectivity index (χ2n) is 6.24. The largest absolute Gasteiger partial charge is 0.396 e. The van der Waals surface area contributed by atoms with Gasteiger partial charge in [0.05, 0.1) is 12.6 Å². The summed E-state index contributed by atoms with van der Waals surface area (Å²) in [6.45, 7) is 2.37. The van der Waals surface area contributed by atoms with Crippen LogP contribution in [0, 0.1) is 0 Å². The van der Waals surface area contributed by atoms with Crippen molar-refractivity contribution in [2.24, 2.45) is 0 Å². The van der Waals surface area contributed by atoms with Crippen LogP contribution in [0.3, 0.4) is 0 Å². The Morgan fingerprint density at radius 3 is 2.87 bits per heavy atom. The number of rotatable bonds is 7. The lowest BCUT2D eigenvalue weighted by molar-refractivity contribution is 0.141. The molecule has 128 valence electrons. The minimum atomic E-state index is -0.133. The van der Waals surface area contributed by atoms with Crippen LogP contribution in [0.15, 0.2) is 24.3 Å². The van der Waals surface area contributed by atoms with E-state index in [0.29, 0.717) is 13.0 Å². The Labute approximate surface area is 138 Å². The molecule has 2 atom stereocenters. The smallest absolute Gasteiger partial charge is 0.318 e. The van der Waals surface area contributed by atoms with Gasteiger partial charge in [-0.2, -0.15) is 0 Å². The lowest BCUT2D eigenvalue weighted by atomic mass is 9.87. The molecule has 0 saturated heterocycles. The molecular weight excluding hydrogens is 292 g/mol. The van der Waals surface area contributed by atoms with Gasteiger partial charge in [0, 0.05) is 19.2 Å². The summed E-state index contributed by atoms with van der Waals surface area (Å²) in [6.07, 6.45) is 4.45. The molecule has 5 nitrogen and oxygen atoms in total. The molecule has 0 saturated carbocycles. The molecule has 0 fully saturated rings. The molecule has 2 unspecified atom stereocenters. The van der Waals surface area contributed by atoms with Gasteiger partial charge in [-0.25, -0.2) is 4.79 Å². The van der Waals surface area contributed by atoms with Crippen LogP contribution in [0.1, 0.15) is 49.8 Å². The van der Waals surface area contributed by atoms with E-state index in [9.17, 15) is 9.90 Å². The fourth-order valence-corrected chi connectivity index (χ4v) is 3.32. The first-order valence-corrected chi connectivity index (χ1v) is 8.54. The van der Waals surface area contributed by atoms with Crippen molar-refractivity contribution >= 4 is 6.03 Å². The Hall–Kier alpha value is -1.59. The van der Waals surface area contributed by atoms with E-state index in [1.165, 1.54) is 11.1 Å². The van der Waals surface area contributed by atoms with Gasteiger partial charge in [-0.1, -0.05) is 24.3 Å². The van der Waals surface area contributed by atoms with Gasteiger partial charge < -0.3 is 20.4 Å². The lowest BCUT2D eigenvalue weighted by Gasteiger charge is -2.36. The Balaban J connectivity index is 2.10. The van der Waals surface area contributed by atoms with Crippen LogP contribution in [0.25, 0.3) is 0 Å². The molecule has 0 radical (unpaired) electrons. The molecular formula is C18H28N2O3. The number of benzene rings is 1. The van der Waals surface area contributed by atoms with Crippen LogP contribution < -0.4 is 5.32 Å². The Bertz CT molecular complexity index is 507. The van der Waals surface area contributed by atoms with Gasteiger partial charge >= 0.3 is 6.03 Å². The zero-order valence-electron chi connectivity index (χ0n) is 13.9. The molecule has 0 bridgehead atoms. The van der Waals surface area contributed by atoms with Crippen molar-refractivity contribution in [1.82, 2.24) is 10.2 Å². The maximum Gasteiger partial charge on any atom is 0.318 e. The van der Waals surface area contributed by atoms with Gasteiger partial charge in [0.25, 0.3) is 0 Å². The zero-order chi connectivity index (χ0) is 16.7. The van der Waals surface area contributed by atoms with Crippen LogP contribution in [-0.2, 0) is 6.42 Å². The van der Waals surface area contributed by atoms with Crippen molar-refractivity contribution < 1.29 is 15.0 Å². The predicted molar refractivity (Wildman–Crippen MR) is 90.2 cm³/mol. The van der Waals surface area contributed by atoms with E-state index in [2.05, 4.69) is 17.4 Å². The third kappa shape index (κ3) is 4.69. The van der Waals surface area contributed by atoms with Gasteiger partial charge in [-0.05, 0) is 50.2 Å². The van der Waals surface area contributed by atoms with Crippen molar-refractivity contribution in [2.75, 3.05) is 19.8 Å². The summed E-state index contributed by atoms with van der Waals surface area (Å²) in [4.78, 5) is 14.4. The second-order valence-corrected chi connectivity index (χ2v) is 6.24. The van der Waals surface area contributed by atoms with Crippen LogP contribution in [-0.4, -0.2) is 46.9 Å². The number of aliphatic hydroxyl groups is 2. The first kappa shape index (κ1) is 17.8. The molecule has 2 amide bonds. The molecule has 0 spiro atoms. The molecule has 0 aliphatic heterocycles. The third-order valence-corrected chi connectivity index (χ3v) is 4.48. The van der Waals surface area contributed by atoms with Crippen LogP contribution in [0.2, 0.25) is 0 Å². The monoisotopic (exact) mass is 320 g/mol. The Kier molecular flexibility index (Phi) is 6.86. The third-order valence-electron chi connectivity index (χ3n) is 4.48. The Morgan fingerprint density at radius 1 is 1.35 bits per heavy atom. The highest BCUT2D eigenvalue weighted by atomic mass is 16.3. The Morgan fingerprint density at radius 2 is 2.13 bits per heavy atom. The standard InChI is InChI=1S/C18H28N2O3/c1-14(6-5-12-21)19-18(23)20(11-13-22)17-10-4-8-15-7-2-3-9-16(15)17/h2-3,7,9,14,17,21-22H,4-6,8,10-13H2,1H3,(H,19,23). The minimum Gasteiger partial charge on any atom is -0.396 e. The van der Waals surface area contributed by atoms with E-state index >= 15 is 0 Å². The predicted octanol–water partition coefficient (Wildman–Crippen LogP) is 2.23. The topological polar surface area (TPSA) is 72.8 Å². The normalized spacial score (nSPS) is 18.1.